The Bertz CT molecular complexity index is 948. The fourth-order valence-corrected chi connectivity index (χ4v) is 4.36. The molecule has 0 unspecified atom stereocenters. The zero-order valence-electron chi connectivity index (χ0n) is 11.8. The van der Waals surface area contributed by atoms with Crippen LogP contribution in [0.3, 0.4) is 0 Å². The summed E-state index contributed by atoms with van der Waals surface area (Å²) < 4.78 is 27.6. The van der Waals surface area contributed by atoms with Crippen LogP contribution < -0.4 is 4.72 Å². The standard InChI is InChI=1S/C16H11ClN2O3S/c17-13-7-10(9-18)5-6-16(13)23(21,22)19-14-8-15(20)12-4-2-1-3-11(12)14/h1-7,14,19H,8H2/t14-/m1/s1. The monoisotopic (exact) mass is 346 g/mol. The van der Waals surface area contributed by atoms with Gasteiger partial charge in [0.15, 0.2) is 5.78 Å². The molecular formula is C16H11ClN2O3S. The zero-order chi connectivity index (χ0) is 16.6. The van der Waals surface area contributed by atoms with Gasteiger partial charge in [-0.25, -0.2) is 13.1 Å². The Labute approximate surface area is 138 Å². The Kier molecular flexibility index (Phi) is 3.94. The number of nitrogens with zero attached hydrogens (tertiary/aromatic N) is 1. The highest BCUT2D eigenvalue weighted by Crippen LogP contribution is 2.33. The van der Waals surface area contributed by atoms with Crippen molar-refractivity contribution >= 4 is 27.4 Å². The predicted octanol–water partition coefficient (Wildman–Crippen LogP) is 2.82. The normalized spacial score (nSPS) is 16.9. The van der Waals surface area contributed by atoms with Crippen LogP contribution in [0.15, 0.2) is 47.4 Å². The molecule has 0 spiro atoms. The number of carbonyl (C=O) groups excluding carboxylic acids is 1. The minimum Gasteiger partial charge on any atom is -0.294 e. The molecule has 0 fully saturated rings. The molecule has 5 nitrogen and oxygen atoms in total. The molecule has 3 rings (SSSR count). The molecule has 1 atom stereocenters. The molecule has 116 valence electrons. The number of ketones is 1. The van der Waals surface area contributed by atoms with Gasteiger partial charge in [-0.2, -0.15) is 5.26 Å². The maximum Gasteiger partial charge on any atom is 0.242 e. The van der Waals surface area contributed by atoms with Crippen LogP contribution in [0.5, 0.6) is 0 Å². The van der Waals surface area contributed by atoms with E-state index >= 15 is 0 Å². The minimum atomic E-state index is -3.91. The SMILES string of the molecule is N#Cc1ccc(S(=O)(=O)N[C@@H]2CC(=O)c3ccccc32)c(Cl)c1. The number of fused-ring (bicyclic) bond motifs is 1. The fourth-order valence-electron chi connectivity index (χ4n) is 2.60. The summed E-state index contributed by atoms with van der Waals surface area (Å²) in [6.07, 6.45) is 0.0759. The first-order valence-corrected chi connectivity index (χ1v) is 8.62. The number of hydrogen-bond donors (Lipinski definition) is 1. The fraction of sp³-hybridized carbons (Fsp3) is 0.125. The van der Waals surface area contributed by atoms with Crippen molar-refractivity contribution in [2.75, 3.05) is 0 Å². The van der Waals surface area contributed by atoms with E-state index in [-0.39, 0.29) is 27.7 Å². The summed E-state index contributed by atoms with van der Waals surface area (Å²) in [6.45, 7) is 0. The van der Waals surface area contributed by atoms with Crippen LogP contribution in [0.4, 0.5) is 0 Å². The number of sulfonamides is 1. The van der Waals surface area contributed by atoms with Crippen molar-refractivity contribution in [3.63, 3.8) is 0 Å². The van der Waals surface area contributed by atoms with E-state index < -0.39 is 16.1 Å². The van der Waals surface area contributed by atoms with Crippen LogP contribution in [-0.2, 0) is 10.0 Å². The molecule has 1 aliphatic carbocycles. The smallest absolute Gasteiger partial charge is 0.242 e. The second-order valence-corrected chi connectivity index (χ2v) is 7.24. The lowest BCUT2D eigenvalue weighted by Crippen LogP contribution is -2.27. The molecule has 0 heterocycles. The van der Waals surface area contributed by atoms with Crippen molar-refractivity contribution in [1.82, 2.24) is 4.72 Å². The van der Waals surface area contributed by atoms with E-state index in [1.165, 1.54) is 18.2 Å². The van der Waals surface area contributed by atoms with Crippen LogP contribution in [0, 0.1) is 11.3 Å². The summed E-state index contributed by atoms with van der Waals surface area (Å²) in [6, 6.07) is 12.2. The number of halogens is 1. The highest BCUT2D eigenvalue weighted by Gasteiger charge is 2.32. The van der Waals surface area contributed by atoms with Crippen LogP contribution in [0.2, 0.25) is 5.02 Å². The van der Waals surface area contributed by atoms with Gasteiger partial charge in [0.25, 0.3) is 0 Å². The molecule has 2 aromatic carbocycles. The molecule has 1 aliphatic rings. The number of Topliss-reactive ketones (excluding diaryl/α,β-unsaturated/α-hetero) is 1. The van der Waals surface area contributed by atoms with Crippen molar-refractivity contribution in [3.8, 4) is 6.07 Å². The van der Waals surface area contributed by atoms with Gasteiger partial charge in [-0.15, -0.1) is 0 Å². The second-order valence-electron chi connectivity index (χ2n) is 5.15. The Morgan fingerprint density at radius 1 is 1.22 bits per heavy atom. The number of nitrogens with one attached hydrogen (secondary N) is 1. The first kappa shape index (κ1) is 15.7. The minimum absolute atomic E-state index is 0.0332. The van der Waals surface area contributed by atoms with Crippen LogP contribution in [-0.4, -0.2) is 14.2 Å². The van der Waals surface area contributed by atoms with E-state index in [9.17, 15) is 13.2 Å². The van der Waals surface area contributed by atoms with Crippen molar-refractivity contribution in [2.45, 2.75) is 17.4 Å². The van der Waals surface area contributed by atoms with Gasteiger partial charge in [-0.05, 0) is 23.8 Å². The van der Waals surface area contributed by atoms with E-state index in [4.69, 9.17) is 16.9 Å². The van der Waals surface area contributed by atoms with E-state index in [2.05, 4.69) is 4.72 Å². The Hall–Kier alpha value is -2.20. The van der Waals surface area contributed by atoms with Crippen LogP contribution >= 0.6 is 11.6 Å². The van der Waals surface area contributed by atoms with Crippen molar-refractivity contribution in [2.24, 2.45) is 0 Å². The lowest BCUT2D eigenvalue weighted by atomic mass is 10.1. The molecular weight excluding hydrogens is 336 g/mol. The van der Waals surface area contributed by atoms with Gasteiger partial charge in [0.05, 0.1) is 22.7 Å². The average molecular weight is 347 g/mol. The summed E-state index contributed by atoms with van der Waals surface area (Å²) in [4.78, 5) is 11.8. The quantitative estimate of drug-likeness (QED) is 0.925. The van der Waals surface area contributed by atoms with Gasteiger partial charge in [-0.1, -0.05) is 35.9 Å². The van der Waals surface area contributed by atoms with Gasteiger partial charge in [0, 0.05) is 12.0 Å². The van der Waals surface area contributed by atoms with E-state index in [0.717, 1.165) is 0 Å². The highest BCUT2D eigenvalue weighted by molar-refractivity contribution is 7.89. The molecule has 2 aromatic rings. The Morgan fingerprint density at radius 2 is 1.96 bits per heavy atom. The lowest BCUT2D eigenvalue weighted by molar-refractivity contribution is 0.0988. The van der Waals surface area contributed by atoms with Gasteiger partial charge < -0.3 is 0 Å². The molecule has 0 saturated carbocycles. The summed E-state index contributed by atoms with van der Waals surface area (Å²) in [7, 11) is -3.91. The van der Waals surface area contributed by atoms with E-state index in [1.807, 2.05) is 6.07 Å². The van der Waals surface area contributed by atoms with E-state index in [1.54, 1.807) is 24.3 Å². The molecule has 0 radical (unpaired) electrons. The third kappa shape index (κ3) is 2.86. The number of rotatable bonds is 3. The Morgan fingerprint density at radius 3 is 2.65 bits per heavy atom. The summed E-state index contributed by atoms with van der Waals surface area (Å²) >= 11 is 5.97. The second kappa shape index (κ2) is 5.78. The number of benzene rings is 2. The molecule has 0 amide bonds. The van der Waals surface area contributed by atoms with Gasteiger partial charge in [0.1, 0.15) is 4.90 Å². The zero-order valence-corrected chi connectivity index (χ0v) is 13.4. The maximum absolute atomic E-state index is 12.5. The molecule has 0 aromatic heterocycles. The Balaban J connectivity index is 1.94. The van der Waals surface area contributed by atoms with Crippen molar-refractivity contribution in [3.05, 3.63) is 64.2 Å². The van der Waals surface area contributed by atoms with Crippen molar-refractivity contribution < 1.29 is 13.2 Å². The molecule has 7 heteroatoms. The third-order valence-electron chi connectivity index (χ3n) is 3.67. The first-order chi connectivity index (χ1) is 10.9. The third-order valence-corrected chi connectivity index (χ3v) is 5.63. The topological polar surface area (TPSA) is 87.0 Å². The lowest BCUT2D eigenvalue weighted by Gasteiger charge is -2.14. The van der Waals surface area contributed by atoms with Gasteiger partial charge in [-0.3, -0.25) is 4.79 Å². The summed E-state index contributed by atoms with van der Waals surface area (Å²) in [5, 5.41) is 8.78. The van der Waals surface area contributed by atoms with Crippen molar-refractivity contribution in [1.29, 1.82) is 5.26 Å². The van der Waals surface area contributed by atoms with Gasteiger partial charge >= 0.3 is 0 Å². The first-order valence-electron chi connectivity index (χ1n) is 6.76. The molecule has 0 bridgehead atoms. The van der Waals surface area contributed by atoms with Gasteiger partial charge in [0.2, 0.25) is 10.0 Å². The summed E-state index contributed by atoms with van der Waals surface area (Å²) in [5.41, 5.74) is 1.47. The predicted molar refractivity (Wildman–Crippen MR) is 84.6 cm³/mol. The van der Waals surface area contributed by atoms with E-state index in [0.29, 0.717) is 11.1 Å². The molecule has 0 aliphatic heterocycles. The molecule has 23 heavy (non-hydrogen) atoms. The molecule has 0 saturated heterocycles. The maximum atomic E-state index is 12.5. The van der Waals surface area contributed by atoms with Crippen LogP contribution in [0.25, 0.3) is 0 Å². The highest BCUT2D eigenvalue weighted by atomic mass is 35.5. The molecule has 1 N–H and O–H groups in total. The number of hydrogen-bond acceptors (Lipinski definition) is 4. The summed E-state index contributed by atoms with van der Waals surface area (Å²) in [5.74, 6) is -0.0979. The average Bonchev–Trinajstić information content (AvgIpc) is 2.83. The number of carbonyl (C=O) groups is 1. The largest absolute Gasteiger partial charge is 0.294 e. The van der Waals surface area contributed by atoms with Crippen LogP contribution in [0.1, 0.15) is 33.9 Å². The number of nitriles is 1.